The van der Waals surface area contributed by atoms with Gasteiger partial charge in [0.05, 0.1) is 30.2 Å². The molecule has 21 heavy (non-hydrogen) atoms. The van der Waals surface area contributed by atoms with Crippen LogP contribution in [0.15, 0.2) is 12.5 Å². The van der Waals surface area contributed by atoms with Crippen molar-refractivity contribution in [1.29, 1.82) is 0 Å². The number of likely N-dealkylation sites (tertiary alicyclic amines) is 1. The Balaban J connectivity index is 2.41. The number of hydrogen-bond acceptors (Lipinski definition) is 3. The summed E-state index contributed by atoms with van der Waals surface area (Å²) in [5, 5.41) is 9.53. The van der Waals surface area contributed by atoms with Gasteiger partial charge in [0.1, 0.15) is 0 Å². The van der Waals surface area contributed by atoms with E-state index >= 15 is 0 Å². The van der Waals surface area contributed by atoms with Crippen LogP contribution in [0, 0.1) is 5.92 Å². The molecule has 0 bridgehead atoms. The molecule has 0 radical (unpaired) electrons. The SMILES string of the molecule is CCCN1C(=O)CCC(C(=O)O)C1c1cncn1CCC. The Labute approximate surface area is 124 Å². The van der Waals surface area contributed by atoms with Gasteiger partial charge in [-0.25, -0.2) is 4.98 Å². The first-order valence-electron chi connectivity index (χ1n) is 7.62. The highest BCUT2D eigenvalue weighted by atomic mass is 16.4. The maximum atomic E-state index is 12.2. The summed E-state index contributed by atoms with van der Waals surface area (Å²) in [5.41, 5.74) is 0.839. The fourth-order valence-corrected chi connectivity index (χ4v) is 3.09. The molecule has 1 aliphatic rings. The fraction of sp³-hybridized carbons (Fsp3) is 0.667. The molecule has 2 unspecified atom stereocenters. The molecule has 6 nitrogen and oxygen atoms in total. The van der Waals surface area contributed by atoms with E-state index in [1.165, 1.54) is 0 Å². The number of rotatable bonds is 6. The maximum Gasteiger partial charge on any atom is 0.309 e. The van der Waals surface area contributed by atoms with Gasteiger partial charge < -0.3 is 14.6 Å². The van der Waals surface area contributed by atoms with Crippen molar-refractivity contribution >= 4 is 11.9 Å². The van der Waals surface area contributed by atoms with Gasteiger partial charge in [0.15, 0.2) is 0 Å². The third-order valence-corrected chi connectivity index (χ3v) is 4.00. The zero-order valence-corrected chi connectivity index (χ0v) is 12.7. The van der Waals surface area contributed by atoms with Crippen molar-refractivity contribution < 1.29 is 14.7 Å². The van der Waals surface area contributed by atoms with Gasteiger partial charge in [-0.1, -0.05) is 13.8 Å². The van der Waals surface area contributed by atoms with Crippen LogP contribution in [0.3, 0.4) is 0 Å². The Morgan fingerprint density at radius 3 is 2.71 bits per heavy atom. The zero-order valence-electron chi connectivity index (χ0n) is 12.7. The van der Waals surface area contributed by atoms with Crippen molar-refractivity contribution in [2.45, 2.75) is 52.1 Å². The standard InChI is InChI=1S/C15H23N3O3/c1-3-7-17-10-16-9-12(17)14-11(15(20)21)5-6-13(19)18(14)8-4-2/h9-11,14H,3-8H2,1-2H3,(H,20,21). The molecule has 2 atom stereocenters. The minimum Gasteiger partial charge on any atom is -0.481 e. The number of carbonyl (C=O) groups excluding carboxylic acids is 1. The molecule has 1 aromatic heterocycles. The summed E-state index contributed by atoms with van der Waals surface area (Å²) in [6.45, 7) is 5.43. The maximum absolute atomic E-state index is 12.2. The van der Waals surface area contributed by atoms with Crippen LogP contribution in [0.2, 0.25) is 0 Å². The average Bonchev–Trinajstić information content (AvgIpc) is 2.89. The fourth-order valence-electron chi connectivity index (χ4n) is 3.09. The molecule has 6 heteroatoms. The third kappa shape index (κ3) is 3.09. The van der Waals surface area contributed by atoms with Crippen molar-refractivity contribution in [3.8, 4) is 0 Å². The quantitative estimate of drug-likeness (QED) is 0.871. The lowest BCUT2D eigenvalue weighted by molar-refractivity contribution is -0.152. The van der Waals surface area contributed by atoms with Crippen molar-refractivity contribution in [2.24, 2.45) is 5.92 Å². The number of aryl methyl sites for hydroxylation is 1. The molecular weight excluding hydrogens is 270 g/mol. The van der Waals surface area contributed by atoms with Gasteiger partial charge in [-0.2, -0.15) is 0 Å². The van der Waals surface area contributed by atoms with Crippen molar-refractivity contribution in [3.63, 3.8) is 0 Å². The lowest BCUT2D eigenvalue weighted by Gasteiger charge is -2.39. The van der Waals surface area contributed by atoms with E-state index in [0.717, 1.165) is 25.1 Å². The minimum absolute atomic E-state index is 0.0450. The molecular formula is C15H23N3O3. The summed E-state index contributed by atoms with van der Waals surface area (Å²) in [7, 11) is 0. The molecule has 0 aliphatic carbocycles. The van der Waals surface area contributed by atoms with Gasteiger partial charge in [0.2, 0.25) is 5.91 Å². The summed E-state index contributed by atoms with van der Waals surface area (Å²) in [6, 6.07) is -0.405. The number of aliphatic carboxylic acids is 1. The number of amides is 1. The summed E-state index contributed by atoms with van der Waals surface area (Å²) < 4.78 is 1.97. The second kappa shape index (κ2) is 6.74. The third-order valence-electron chi connectivity index (χ3n) is 4.00. The molecule has 0 spiro atoms. The second-order valence-corrected chi connectivity index (χ2v) is 5.53. The first kappa shape index (κ1) is 15.5. The Morgan fingerprint density at radius 2 is 2.10 bits per heavy atom. The molecule has 1 aliphatic heterocycles. The molecule has 1 amide bonds. The Morgan fingerprint density at radius 1 is 1.38 bits per heavy atom. The molecule has 2 rings (SSSR count). The molecule has 0 aromatic carbocycles. The van der Waals surface area contributed by atoms with Crippen LogP contribution in [0.1, 0.15) is 51.3 Å². The number of hydrogen-bond donors (Lipinski definition) is 1. The topological polar surface area (TPSA) is 75.4 Å². The monoisotopic (exact) mass is 293 g/mol. The summed E-state index contributed by atoms with van der Waals surface area (Å²) in [4.78, 5) is 29.7. The predicted molar refractivity (Wildman–Crippen MR) is 77.6 cm³/mol. The van der Waals surface area contributed by atoms with E-state index in [0.29, 0.717) is 19.4 Å². The van der Waals surface area contributed by atoms with Crippen LogP contribution < -0.4 is 0 Å². The number of nitrogens with zero attached hydrogens (tertiary/aromatic N) is 3. The van der Waals surface area contributed by atoms with Crippen LogP contribution in [-0.4, -0.2) is 38.0 Å². The van der Waals surface area contributed by atoms with Crippen LogP contribution in [0.4, 0.5) is 0 Å². The van der Waals surface area contributed by atoms with Gasteiger partial charge in [-0.05, 0) is 19.3 Å². The van der Waals surface area contributed by atoms with Gasteiger partial charge in [0.25, 0.3) is 0 Å². The van der Waals surface area contributed by atoms with Crippen LogP contribution in [0.25, 0.3) is 0 Å². The van der Waals surface area contributed by atoms with E-state index in [9.17, 15) is 14.7 Å². The van der Waals surface area contributed by atoms with E-state index in [2.05, 4.69) is 11.9 Å². The number of carboxylic acid groups (broad SMARTS) is 1. The van der Waals surface area contributed by atoms with Crippen molar-refractivity contribution in [1.82, 2.24) is 14.5 Å². The van der Waals surface area contributed by atoms with Gasteiger partial charge in [-0.15, -0.1) is 0 Å². The molecule has 1 saturated heterocycles. The van der Waals surface area contributed by atoms with E-state index in [-0.39, 0.29) is 5.91 Å². The van der Waals surface area contributed by atoms with Crippen LogP contribution in [-0.2, 0) is 16.1 Å². The molecule has 1 fully saturated rings. The predicted octanol–water partition coefficient (Wildman–Crippen LogP) is 2.07. The summed E-state index contributed by atoms with van der Waals surface area (Å²) in [6.07, 6.45) is 5.90. The number of piperidine rings is 1. The Kier molecular flexibility index (Phi) is 4.98. The minimum atomic E-state index is -0.835. The highest BCUT2D eigenvalue weighted by Gasteiger charge is 2.41. The first-order valence-corrected chi connectivity index (χ1v) is 7.62. The Hall–Kier alpha value is -1.85. The molecule has 116 valence electrons. The largest absolute Gasteiger partial charge is 0.481 e. The normalized spacial score (nSPS) is 22.6. The highest BCUT2D eigenvalue weighted by molar-refractivity contribution is 5.81. The van der Waals surface area contributed by atoms with Gasteiger partial charge in [-0.3, -0.25) is 9.59 Å². The smallest absolute Gasteiger partial charge is 0.309 e. The van der Waals surface area contributed by atoms with Gasteiger partial charge >= 0.3 is 5.97 Å². The van der Waals surface area contributed by atoms with Gasteiger partial charge in [0, 0.05) is 19.5 Å². The lowest BCUT2D eigenvalue weighted by atomic mass is 9.86. The van der Waals surface area contributed by atoms with E-state index in [4.69, 9.17) is 0 Å². The van der Waals surface area contributed by atoms with E-state index < -0.39 is 17.9 Å². The first-order chi connectivity index (χ1) is 10.1. The molecule has 1 aromatic rings. The number of carboxylic acids is 1. The molecule has 0 saturated carbocycles. The highest BCUT2D eigenvalue weighted by Crippen LogP contribution is 2.37. The molecule has 1 N–H and O–H groups in total. The van der Waals surface area contributed by atoms with E-state index in [1.807, 2.05) is 11.5 Å². The second-order valence-electron chi connectivity index (χ2n) is 5.53. The number of aromatic nitrogens is 2. The Bertz CT molecular complexity index is 512. The lowest BCUT2D eigenvalue weighted by Crippen LogP contribution is -2.46. The van der Waals surface area contributed by atoms with Crippen molar-refractivity contribution in [2.75, 3.05) is 6.54 Å². The van der Waals surface area contributed by atoms with Crippen LogP contribution >= 0.6 is 0 Å². The summed E-state index contributed by atoms with van der Waals surface area (Å²) in [5.74, 6) is -1.34. The summed E-state index contributed by atoms with van der Waals surface area (Å²) >= 11 is 0. The van der Waals surface area contributed by atoms with Crippen molar-refractivity contribution in [3.05, 3.63) is 18.2 Å². The van der Waals surface area contributed by atoms with E-state index in [1.54, 1.807) is 17.4 Å². The van der Waals surface area contributed by atoms with Crippen LogP contribution in [0.5, 0.6) is 0 Å². The molecule has 2 heterocycles. The average molecular weight is 293 g/mol. The zero-order chi connectivity index (χ0) is 15.4. The number of carbonyl (C=O) groups is 2. The number of imidazole rings is 1.